The minimum Gasteiger partial charge on any atom is -0.497 e. The van der Waals surface area contributed by atoms with Gasteiger partial charge in [0, 0.05) is 25.7 Å². The Morgan fingerprint density at radius 3 is 2.76 bits per heavy atom. The zero-order valence-corrected chi connectivity index (χ0v) is 12.8. The van der Waals surface area contributed by atoms with E-state index in [9.17, 15) is 0 Å². The van der Waals surface area contributed by atoms with Gasteiger partial charge in [-0.3, -0.25) is 0 Å². The second-order valence-corrected chi connectivity index (χ2v) is 5.55. The summed E-state index contributed by atoms with van der Waals surface area (Å²) in [7, 11) is 1.68. The zero-order valence-electron chi connectivity index (χ0n) is 12.1. The van der Waals surface area contributed by atoms with Crippen molar-refractivity contribution < 1.29 is 4.74 Å². The molecule has 3 rings (SSSR count). The Hall–Kier alpha value is -1.71. The summed E-state index contributed by atoms with van der Waals surface area (Å²) in [5.41, 5.74) is 2.33. The Morgan fingerprint density at radius 1 is 1.19 bits per heavy atom. The number of benzene rings is 2. The SMILES string of the molecule is COc1ccc(Cl)c(N2CCNCC2c2ccccc2)c1. The van der Waals surface area contributed by atoms with Gasteiger partial charge in [-0.1, -0.05) is 41.9 Å². The largest absolute Gasteiger partial charge is 0.497 e. The molecule has 2 aromatic carbocycles. The van der Waals surface area contributed by atoms with E-state index in [1.165, 1.54) is 5.56 Å². The molecule has 0 aliphatic carbocycles. The fraction of sp³-hybridized carbons (Fsp3) is 0.294. The Labute approximate surface area is 130 Å². The number of methoxy groups -OCH3 is 1. The minimum absolute atomic E-state index is 0.282. The monoisotopic (exact) mass is 302 g/mol. The van der Waals surface area contributed by atoms with Gasteiger partial charge in [0.05, 0.1) is 23.9 Å². The average Bonchev–Trinajstić information content (AvgIpc) is 2.56. The second-order valence-electron chi connectivity index (χ2n) is 5.14. The summed E-state index contributed by atoms with van der Waals surface area (Å²) in [6.07, 6.45) is 0. The molecule has 2 aromatic rings. The molecular formula is C17H19ClN2O. The van der Waals surface area contributed by atoms with Crippen LogP contribution in [-0.4, -0.2) is 26.7 Å². The van der Waals surface area contributed by atoms with Gasteiger partial charge < -0.3 is 15.0 Å². The van der Waals surface area contributed by atoms with Crippen LogP contribution in [0.25, 0.3) is 0 Å². The molecule has 0 saturated carbocycles. The van der Waals surface area contributed by atoms with E-state index in [1.54, 1.807) is 7.11 Å². The molecule has 1 heterocycles. The Kier molecular flexibility index (Phi) is 4.32. The lowest BCUT2D eigenvalue weighted by Gasteiger charge is -2.39. The fourth-order valence-corrected chi connectivity index (χ4v) is 3.03. The number of halogens is 1. The molecule has 0 amide bonds. The van der Waals surface area contributed by atoms with Crippen molar-refractivity contribution in [1.82, 2.24) is 5.32 Å². The number of anilines is 1. The molecule has 0 radical (unpaired) electrons. The first-order chi connectivity index (χ1) is 10.3. The van der Waals surface area contributed by atoms with Crippen molar-refractivity contribution in [3.8, 4) is 5.75 Å². The van der Waals surface area contributed by atoms with Crippen LogP contribution in [0.1, 0.15) is 11.6 Å². The topological polar surface area (TPSA) is 24.5 Å². The van der Waals surface area contributed by atoms with Crippen LogP contribution in [0, 0.1) is 0 Å². The summed E-state index contributed by atoms with van der Waals surface area (Å²) >= 11 is 6.42. The van der Waals surface area contributed by atoms with Crippen LogP contribution in [0.4, 0.5) is 5.69 Å². The van der Waals surface area contributed by atoms with E-state index in [-0.39, 0.29) is 6.04 Å². The lowest BCUT2D eigenvalue weighted by atomic mass is 10.0. The molecule has 1 saturated heterocycles. The Morgan fingerprint density at radius 2 is 2.00 bits per heavy atom. The van der Waals surface area contributed by atoms with Gasteiger partial charge in [0.15, 0.2) is 0 Å². The molecule has 0 spiro atoms. The smallest absolute Gasteiger partial charge is 0.121 e. The number of nitrogens with one attached hydrogen (secondary N) is 1. The van der Waals surface area contributed by atoms with Gasteiger partial charge in [0.25, 0.3) is 0 Å². The van der Waals surface area contributed by atoms with Gasteiger partial charge in [-0.05, 0) is 17.7 Å². The fourth-order valence-electron chi connectivity index (χ4n) is 2.81. The highest BCUT2D eigenvalue weighted by molar-refractivity contribution is 6.33. The van der Waals surface area contributed by atoms with Gasteiger partial charge in [0.2, 0.25) is 0 Å². The van der Waals surface area contributed by atoms with Crippen molar-refractivity contribution in [1.29, 1.82) is 0 Å². The summed E-state index contributed by atoms with van der Waals surface area (Å²) in [6.45, 7) is 2.79. The third kappa shape index (κ3) is 2.99. The Bertz CT molecular complexity index is 603. The first-order valence-electron chi connectivity index (χ1n) is 7.15. The standard InChI is InChI=1S/C17H19ClN2O/c1-21-14-7-8-15(18)16(11-14)20-10-9-19-12-17(20)13-5-3-2-4-6-13/h2-8,11,17,19H,9-10,12H2,1H3. The molecule has 1 unspecified atom stereocenters. The van der Waals surface area contributed by atoms with Crippen molar-refractivity contribution in [2.75, 3.05) is 31.6 Å². The van der Waals surface area contributed by atoms with Crippen LogP contribution in [0.3, 0.4) is 0 Å². The van der Waals surface area contributed by atoms with Crippen LogP contribution in [0.15, 0.2) is 48.5 Å². The molecule has 1 aliphatic rings. The molecule has 110 valence electrons. The van der Waals surface area contributed by atoms with Crippen molar-refractivity contribution in [3.63, 3.8) is 0 Å². The van der Waals surface area contributed by atoms with Crippen molar-refractivity contribution >= 4 is 17.3 Å². The number of hydrogen-bond donors (Lipinski definition) is 1. The van der Waals surface area contributed by atoms with Gasteiger partial charge in [-0.15, -0.1) is 0 Å². The predicted molar refractivity (Wildman–Crippen MR) is 87.4 cm³/mol. The van der Waals surface area contributed by atoms with Crippen LogP contribution in [0.2, 0.25) is 5.02 Å². The van der Waals surface area contributed by atoms with E-state index >= 15 is 0 Å². The van der Waals surface area contributed by atoms with Crippen LogP contribution in [0.5, 0.6) is 5.75 Å². The highest BCUT2D eigenvalue weighted by atomic mass is 35.5. The molecular weight excluding hydrogens is 284 g/mol. The molecule has 0 bridgehead atoms. The summed E-state index contributed by atoms with van der Waals surface area (Å²) < 4.78 is 5.34. The van der Waals surface area contributed by atoms with Gasteiger partial charge in [-0.2, -0.15) is 0 Å². The number of rotatable bonds is 3. The predicted octanol–water partition coefficient (Wildman–Crippen LogP) is 3.50. The number of piperazine rings is 1. The third-order valence-electron chi connectivity index (χ3n) is 3.89. The van der Waals surface area contributed by atoms with Crippen molar-refractivity contribution in [3.05, 3.63) is 59.1 Å². The van der Waals surface area contributed by atoms with E-state index in [1.807, 2.05) is 24.3 Å². The molecule has 1 fully saturated rings. The van der Waals surface area contributed by atoms with E-state index in [2.05, 4.69) is 34.5 Å². The van der Waals surface area contributed by atoms with Crippen LogP contribution in [-0.2, 0) is 0 Å². The molecule has 1 atom stereocenters. The summed E-state index contributed by atoms with van der Waals surface area (Å²) in [6, 6.07) is 16.6. The summed E-state index contributed by atoms with van der Waals surface area (Å²) in [5.74, 6) is 0.833. The summed E-state index contributed by atoms with van der Waals surface area (Å²) in [4.78, 5) is 2.36. The van der Waals surface area contributed by atoms with E-state index in [0.717, 1.165) is 36.1 Å². The lowest BCUT2D eigenvalue weighted by Crippen LogP contribution is -2.46. The first kappa shape index (κ1) is 14.2. The maximum Gasteiger partial charge on any atom is 0.121 e. The highest BCUT2D eigenvalue weighted by Crippen LogP contribution is 2.35. The number of nitrogens with zero attached hydrogens (tertiary/aromatic N) is 1. The first-order valence-corrected chi connectivity index (χ1v) is 7.53. The second kappa shape index (κ2) is 6.37. The maximum atomic E-state index is 6.42. The molecule has 1 N–H and O–H groups in total. The van der Waals surface area contributed by atoms with Crippen LogP contribution < -0.4 is 15.0 Å². The van der Waals surface area contributed by atoms with Crippen molar-refractivity contribution in [2.24, 2.45) is 0 Å². The van der Waals surface area contributed by atoms with E-state index < -0.39 is 0 Å². The molecule has 4 heteroatoms. The van der Waals surface area contributed by atoms with Gasteiger partial charge in [0.1, 0.15) is 5.75 Å². The average molecular weight is 303 g/mol. The highest BCUT2D eigenvalue weighted by Gasteiger charge is 2.25. The minimum atomic E-state index is 0.282. The maximum absolute atomic E-state index is 6.42. The normalized spacial score (nSPS) is 18.6. The van der Waals surface area contributed by atoms with Crippen molar-refractivity contribution in [2.45, 2.75) is 6.04 Å². The zero-order chi connectivity index (χ0) is 14.7. The molecule has 0 aromatic heterocycles. The van der Waals surface area contributed by atoms with E-state index in [0.29, 0.717) is 0 Å². The third-order valence-corrected chi connectivity index (χ3v) is 4.21. The van der Waals surface area contributed by atoms with Gasteiger partial charge >= 0.3 is 0 Å². The molecule has 21 heavy (non-hydrogen) atoms. The molecule has 1 aliphatic heterocycles. The quantitative estimate of drug-likeness (QED) is 0.939. The van der Waals surface area contributed by atoms with E-state index in [4.69, 9.17) is 16.3 Å². The lowest BCUT2D eigenvalue weighted by molar-refractivity contribution is 0.414. The number of ether oxygens (including phenoxy) is 1. The van der Waals surface area contributed by atoms with Gasteiger partial charge in [-0.25, -0.2) is 0 Å². The number of hydrogen-bond acceptors (Lipinski definition) is 3. The van der Waals surface area contributed by atoms with Crippen LogP contribution >= 0.6 is 11.6 Å². The summed E-state index contributed by atoms with van der Waals surface area (Å²) in [5, 5.41) is 4.23. The molecule has 3 nitrogen and oxygen atoms in total. The Balaban J connectivity index is 1.98.